The Hall–Kier alpha value is -1.59. The minimum absolute atomic E-state index is 0.120. The van der Waals surface area contributed by atoms with E-state index < -0.39 is 21.7 Å². The van der Waals surface area contributed by atoms with Gasteiger partial charge in [0.1, 0.15) is 0 Å². The summed E-state index contributed by atoms with van der Waals surface area (Å²) in [7, 11) is -3.84. The summed E-state index contributed by atoms with van der Waals surface area (Å²) < 4.78 is 30.6. The molecule has 0 spiro atoms. The first-order chi connectivity index (χ1) is 8.88. The second kappa shape index (κ2) is 6.54. The Morgan fingerprint density at radius 3 is 2.74 bits per heavy atom. The second-order valence-electron chi connectivity index (χ2n) is 3.47. The van der Waals surface area contributed by atoms with Crippen LogP contribution in [0.5, 0.6) is 0 Å². The number of carbonyl (C=O) groups is 1. The quantitative estimate of drug-likeness (QED) is 0.817. The van der Waals surface area contributed by atoms with Gasteiger partial charge in [0, 0.05) is 4.47 Å². The van der Waals surface area contributed by atoms with Crippen molar-refractivity contribution >= 4 is 37.6 Å². The van der Waals surface area contributed by atoms with Crippen LogP contribution in [-0.2, 0) is 19.6 Å². The predicted octanol–water partition coefficient (Wildman–Crippen LogP) is 1.63. The van der Waals surface area contributed by atoms with Crippen molar-refractivity contribution in [3.8, 4) is 6.07 Å². The number of hydrogen-bond donors (Lipinski definition) is 1. The summed E-state index contributed by atoms with van der Waals surface area (Å²) in [6.45, 7) is 1.71. The third-order valence-corrected chi connectivity index (χ3v) is 3.78. The minimum atomic E-state index is -3.84. The van der Waals surface area contributed by atoms with E-state index in [1.54, 1.807) is 6.92 Å². The first-order valence-corrected chi connectivity index (χ1v) is 7.68. The lowest BCUT2D eigenvalue weighted by Gasteiger charge is -2.09. The van der Waals surface area contributed by atoms with Crippen LogP contribution in [0, 0.1) is 11.3 Å². The van der Waals surface area contributed by atoms with Crippen LogP contribution in [-0.4, -0.2) is 26.7 Å². The van der Waals surface area contributed by atoms with E-state index in [1.807, 2.05) is 6.07 Å². The maximum absolute atomic E-state index is 11.7. The fraction of sp³-hybridized carbons (Fsp3) is 0.273. The van der Waals surface area contributed by atoms with Crippen molar-refractivity contribution in [2.45, 2.75) is 6.92 Å². The molecule has 8 heteroatoms. The van der Waals surface area contributed by atoms with Gasteiger partial charge in [0.05, 0.1) is 23.9 Å². The summed E-state index contributed by atoms with van der Waals surface area (Å²) in [4.78, 5) is 11.1. The normalized spacial score (nSPS) is 10.6. The van der Waals surface area contributed by atoms with E-state index in [9.17, 15) is 13.2 Å². The largest absolute Gasteiger partial charge is 0.465 e. The monoisotopic (exact) mass is 346 g/mol. The molecule has 0 saturated heterocycles. The van der Waals surface area contributed by atoms with Crippen LogP contribution in [0.1, 0.15) is 12.5 Å². The van der Waals surface area contributed by atoms with E-state index in [1.165, 1.54) is 18.2 Å². The Kier molecular flexibility index (Phi) is 5.32. The molecule has 0 bridgehead atoms. The lowest BCUT2D eigenvalue weighted by molar-refractivity contribution is -0.139. The highest BCUT2D eigenvalue weighted by Gasteiger charge is 2.18. The number of esters is 1. The molecule has 0 aliphatic carbocycles. The molecule has 1 aromatic carbocycles. The maximum Gasteiger partial charge on any atom is 0.323 e. The fourth-order valence-corrected chi connectivity index (χ4v) is 2.82. The molecule has 19 heavy (non-hydrogen) atoms. The van der Waals surface area contributed by atoms with Crippen LogP contribution in [0.2, 0.25) is 0 Å². The van der Waals surface area contributed by atoms with Crippen LogP contribution in [0.15, 0.2) is 22.7 Å². The Labute approximate surface area is 119 Å². The van der Waals surface area contributed by atoms with Gasteiger partial charge in [0.2, 0.25) is 10.0 Å². The first kappa shape index (κ1) is 15.5. The number of rotatable bonds is 5. The van der Waals surface area contributed by atoms with Gasteiger partial charge in [-0.15, -0.1) is 0 Å². The maximum atomic E-state index is 11.7. The fourth-order valence-electron chi connectivity index (χ4n) is 1.23. The number of anilines is 1. The number of sulfonamides is 1. The molecule has 0 aliphatic heterocycles. The third kappa shape index (κ3) is 4.89. The number of nitrogens with one attached hydrogen (secondary N) is 1. The molecular weight excluding hydrogens is 336 g/mol. The van der Waals surface area contributed by atoms with Crippen molar-refractivity contribution in [1.29, 1.82) is 5.26 Å². The van der Waals surface area contributed by atoms with Crippen molar-refractivity contribution in [3.05, 3.63) is 28.2 Å². The number of hydrogen-bond acceptors (Lipinski definition) is 5. The molecule has 0 fully saturated rings. The van der Waals surface area contributed by atoms with Crippen molar-refractivity contribution in [2.75, 3.05) is 17.1 Å². The zero-order chi connectivity index (χ0) is 14.5. The van der Waals surface area contributed by atoms with Crippen LogP contribution < -0.4 is 4.72 Å². The second-order valence-corrected chi connectivity index (χ2v) is 6.05. The number of benzene rings is 1. The van der Waals surface area contributed by atoms with Crippen molar-refractivity contribution in [1.82, 2.24) is 0 Å². The average molecular weight is 347 g/mol. The molecule has 0 amide bonds. The minimum Gasteiger partial charge on any atom is -0.465 e. The van der Waals surface area contributed by atoms with Crippen LogP contribution in [0.4, 0.5) is 5.69 Å². The van der Waals surface area contributed by atoms with E-state index in [4.69, 9.17) is 5.26 Å². The number of nitriles is 1. The molecule has 0 saturated carbocycles. The molecular formula is C11H11BrN2O4S. The Morgan fingerprint density at radius 2 is 2.21 bits per heavy atom. The summed E-state index contributed by atoms with van der Waals surface area (Å²) in [6.07, 6.45) is 0. The van der Waals surface area contributed by atoms with Gasteiger partial charge < -0.3 is 4.74 Å². The van der Waals surface area contributed by atoms with E-state index in [-0.39, 0.29) is 12.3 Å². The van der Waals surface area contributed by atoms with E-state index in [2.05, 4.69) is 25.4 Å². The molecule has 1 N–H and O–H groups in total. The molecule has 0 aliphatic rings. The molecule has 0 unspecified atom stereocenters. The van der Waals surface area contributed by atoms with Gasteiger partial charge in [-0.2, -0.15) is 5.26 Å². The van der Waals surface area contributed by atoms with E-state index in [0.29, 0.717) is 10.0 Å². The van der Waals surface area contributed by atoms with E-state index >= 15 is 0 Å². The zero-order valence-electron chi connectivity index (χ0n) is 10.0. The molecule has 6 nitrogen and oxygen atoms in total. The predicted molar refractivity (Wildman–Crippen MR) is 72.9 cm³/mol. The topological polar surface area (TPSA) is 96.3 Å². The molecule has 1 rings (SSSR count). The highest BCUT2D eigenvalue weighted by atomic mass is 79.9. The summed E-state index contributed by atoms with van der Waals surface area (Å²) in [6, 6.07) is 6.30. The van der Waals surface area contributed by atoms with Crippen molar-refractivity contribution < 1.29 is 17.9 Å². The van der Waals surface area contributed by atoms with Crippen LogP contribution >= 0.6 is 15.9 Å². The molecule has 1 aromatic rings. The smallest absolute Gasteiger partial charge is 0.323 e. The van der Waals surface area contributed by atoms with Gasteiger partial charge in [-0.05, 0) is 41.1 Å². The van der Waals surface area contributed by atoms with E-state index in [0.717, 1.165) is 0 Å². The van der Waals surface area contributed by atoms with Crippen LogP contribution in [0.3, 0.4) is 0 Å². The number of nitrogens with zero attached hydrogens (tertiary/aromatic N) is 1. The Balaban J connectivity index is 2.84. The van der Waals surface area contributed by atoms with Gasteiger partial charge in [0.15, 0.2) is 5.75 Å². The van der Waals surface area contributed by atoms with Gasteiger partial charge in [-0.1, -0.05) is 0 Å². The Morgan fingerprint density at radius 1 is 1.53 bits per heavy atom. The summed E-state index contributed by atoms with van der Waals surface area (Å²) in [5, 5.41) is 8.69. The standard InChI is InChI=1S/C11H11BrN2O4S/c1-2-18-11(15)7-19(16,17)14-10-4-3-8(6-13)5-9(10)12/h3-5,14H,2,7H2,1H3. The van der Waals surface area contributed by atoms with Gasteiger partial charge in [-0.25, -0.2) is 8.42 Å². The number of halogens is 1. The molecule has 0 aromatic heterocycles. The SMILES string of the molecule is CCOC(=O)CS(=O)(=O)Nc1ccc(C#N)cc1Br. The highest BCUT2D eigenvalue weighted by Crippen LogP contribution is 2.24. The Bertz CT molecular complexity index is 622. The third-order valence-electron chi connectivity index (χ3n) is 1.98. The van der Waals surface area contributed by atoms with Crippen molar-refractivity contribution in [2.24, 2.45) is 0 Å². The molecule has 102 valence electrons. The number of ether oxygens (including phenoxy) is 1. The molecule has 0 atom stereocenters. The number of carbonyl (C=O) groups excluding carboxylic acids is 1. The van der Waals surface area contributed by atoms with Crippen LogP contribution in [0.25, 0.3) is 0 Å². The summed E-state index contributed by atoms with van der Waals surface area (Å²) in [5.74, 6) is -1.58. The first-order valence-electron chi connectivity index (χ1n) is 5.23. The molecule has 0 radical (unpaired) electrons. The summed E-state index contributed by atoms with van der Waals surface area (Å²) in [5.41, 5.74) is 0.642. The average Bonchev–Trinajstić information content (AvgIpc) is 2.31. The van der Waals surface area contributed by atoms with Gasteiger partial charge in [-0.3, -0.25) is 9.52 Å². The van der Waals surface area contributed by atoms with Gasteiger partial charge >= 0.3 is 5.97 Å². The lowest BCUT2D eigenvalue weighted by atomic mass is 10.2. The van der Waals surface area contributed by atoms with Gasteiger partial charge in [0.25, 0.3) is 0 Å². The summed E-state index contributed by atoms with van der Waals surface area (Å²) >= 11 is 3.14. The lowest BCUT2D eigenvalue weighted by Crippen LogP contribution is -2.24. The zero-order valence-corrected chi connectivity index (χ0v) is 12.4. The van der Waals surface area contributed by atoms with Crippen molar-refractivity contribution in [3.63, 3.8) is 0 Å². The molecule has 0 heterocycles. The highest BCUT2D eigenvalue weighted by molar-refractivity contribution is 9.10.